The number of hydrogen-bond donors (Lipinski definition) is 1. The van der Waals surface area contributed by atoms with Crippen molar-refractivity contribution in [3.05, 3.63) is 101 Å². The van der Waals surface area contributed by atoms with E-state index in [9.17, 15) is 9.18 Å². The number of aryl methyl sites for hydroxylation is 1. The Morgan fingerprint density at radius 3 is 2.50 bits per heavy atom. The van der Waals surface area contributed by atoms with Gasteiger partial charge in [-0.15, -0.1) is 0 Å². The second kappa shape index (κ2) is 8.30. The van der Waals surface area contributed by atoms with E-state index >= 15 is 0 Å². The first-order chi connectivity index (χ1) is 12.6. The van der Waals surface area contributed by atoms with Crippen molar-refractivity contribution in [2.24, 2.45) is 0 Å². The number of para-hydroxylation sites is 1. The average Bonchev–Trinajstić information content (AvgIpc) is 2.68. The minimum atomic E-state index is -0.247. The average molecular weight is 349 g/mol. The van der Waals surface area contributed by atoms with Crippen LogP contribution in [-0.4, -0.2) is 5.91 Å². The topological polar surface area (TPSA) is 38.3 Å². The summed E-state index contributed by atoms with van der Waals surface area (Å²) in [5.74, 6) is 0.326. The summed E-state index contributed by atoms with van der Waals surface area (Å²) < 4.78 is 19.1. The Balaban J connectivity index is 1.66. The van der Waals surface area contributed by atoms with E-state index in [1.54, 1.807) is 25.1 Å². The van der Waals surface area contributed by atoms with E-state index < -0.39 is 0 Å². The third-order valence-electron chi connectivity index (χ3n) is 4.07. The molecule has 0 aliphatic carbocycles. The summed E-state index contributed by atoms with van der Waals surface area (Å²) in [6, 6.07) is 21.6. The lowest BCUT2D eigenvalue weighted by molar-refractivity contribution is 0.0948. The highest BCUT2D eigenvalue weighted by atomic mass is 19.1. The third-order valence-corrected chi connectivity index (χ3v) is 4.07. The summed E-state index contributed by atoms with van der Waals surface area (Å²) in [7, 11) is 0. The molecule has 0 aliphatic rings. The van der Waals surface area contributed by atoms with Crippen LogP contribution in [0.15, 0.2) is 72.8 Å². The van der Waals surface area contributed by atoms with E-state index in [1.807, 2.05) is 48.5 Å². The molecule has 0 unspecified atom stereocenters. The van der Waals surface area contributed by atoms with Crippen LogP contribution in [0.3, 0.4) is 0 Å². The minimum absolute atomic E-state index is 0.181. The summed E-state index contributed by atoms with van der Waals surface area (Å²) in [5.41, 5.74) is 2.80. The maximum absolute atomic E-state index is 13.3. The first-order valence-electron chi connectivity index (χ1n) is 8.42. The van der Waals surface area contributed by atoms with E-state index in [2.05, 4.69) is 5.32 Å². The van der Waals surface area contributed by atoms with Crippen molar-refractivity contribution in [1.82, 2.24) is 5.32 Å². The zero-order valence-corrected chi connectivity index (χ0v) is 14.5. The van der Waals surface area contributed by atoms with Gasteiger partial charge in [0.25, 0.3) is 5.91 Å². The maximum atomic E-state index is 13.3. The molecule has 0 aliphatic heterocycles. The Bertz CT molecular complexity index is 894. The number of ether oxygens (including phenoxy) is 1. The largest absolute Gasteiger partial charge is 0.489 e. The molecule has 0 saturated heterocycles. The monoisotopic (exact) mass is 349 g/mol. The van der Waals surface area contributed by atoms with Gasteiger partial charge in [0.05, 0.1) is 0 Å². The molecular weight excluding hydrogens is 329 g/mol. The van der Waals surface area contributed by atoms with E-state index in [1.165, 1.54) is 6.07 Å². The maximum Gasteiger partial charge on any atom is 0.251 e. The predicted molar refractivity (Wildman–Crippen MR) is 99.5 cm³/mol. The number of amides is 1. The number of nitrogens with one attached hydrogen (secondary N) is 1. The van der Waals surface area contributed by atoms with Gasteiger partial charge in [-0.25, -0.2) is 4.39 Å². The van der Waals surface area contributed by atoms with Crippen LogP contribution in [0, 0.1) is 12.7 Å². The molecule has 0 atom stereocenters. The van der Waals surface area contributed by atoms with Gasteiger partial charge in [-0.05, 0) is 42.3 Å². The molecular formula is C22H20FNO2. The van der Waals surface area contributed by atoms with Crippen molar-refractivity contribution in [2.45, 2.75) is 20.1 Å². The second-order valence-electron chi connectivity index (χ2n) is 6.03. The molecule has 0 spiro atoms. The Morgan fingerprint density at radius 2 is 1.73 bits per heavy atom. The Kier molecular flexibility index (Phi) is 5.64. The van der Waals surface area contributed by atoms with Gasteiger partial charge in [0.2, 0.25) is 0 Å². The molecule has 0 saturated carbocycles. The van der Waals surface area contributed by atoms with Crippen LogP contribution in [0.5, 0.6) is 5.75 Å². The highest BCUT2D eigenvalue weighted by Crippen LogP contribution is 2.15. The van der Waals surface area contributed by atoms with Gasteiger partial charge in [-0.2, -0.15) is 0 Å². The lowest BCUT2D eigenvalue weighted by Crippen LogP contribution is -2.24. The molecule has 132 valence electrons. The van der Waals surface area contributed by atoms with E-state index in [-0.39, 0.29) is 11.7 Å². The van der Waals surface area contributed by atoms with E-state index in [4.69, 9.17) is 4.74 Å². The fourth-order valence-corrected chi connectivity index (χ4v) is 2.64. The number of carbonyl (C=O) groups is 1. The van der Waals surface area contributed by atoms with E-state index in [0.717, 1.165) is 16.9 Å². The Hall–Kier alpha value is -3.14. The number of benzene rings is 3. The van der Waals surface area contributed by atoms with Gasteiger partial charge < -0.3 is 10.1 Å². The van der Waals surface area contributed by atoms with Crippen LogP contribution in [0.4, 0.5) is 4.39 Å². The van der Waals surface area contributed by atoms with Crippen LogP contribution < -0.4 is 10.1 Å². The van der Waals surface area contributed by atoms with Crippen LogP contribution in [0.25, 0.3) is 0 Å². The van der Waals surface area contributed by atoms with E-state index in [0.29, 0.717) is 24.3 Å². The predicted octanol–water partition coefficient (Wildman–Crippen LogP) is 4.64. The first-order valence-corrected chi connectivity index (χ1v) is 8.42. The van der Waals surface area contributed by atoms with Gasteiger partial charge in [0, 0.05) is 17.7 Å². The molecule has 0 fully saturated rings. The number of rotatable bonds is 6. The van der Waals surface area contributed by atoms with Crippen LogP contribution >= 0.6 is 0 Å². The van der Waals surface area contributed by atoms with Crippen molar-refractivity contribution >= 4 is 5.91 Å². The van der Waals surface area contributed by atoms with Crippen LogP contribution in [-0.2, 0) is 13.2 Å². The van der Waals surface area contributed by atoms with Gasteiger partial charge >= 0.3 is 0 Å². The summed E-state index contributed by atoms with van der Waals surface area (Å²) in [6.45, 7) is 2.36. The second-order valence-corrected chi connectivity index (χ2v) is 6.03. The highest BCUT2D eigenvalue weighted by Gasteiger charge is 2.11. The first kappa shape index (κ1) is 17.7. The Morgan fingerprint density at radius 1 is 1.00 bits per heavy atom. The summed E-state index contributed by atoms with van der Waals surface area (Å²) >= 11 is 0. The molecule has 0 radical (unpaired) electrons. The zero-order chi connectivity index (χ0) is 18.4. The molecule has 0 bridgehead atoms. The van der Waals surface area contributed by atoms with Crippen LogP contribution in [0.1, 0.15) is 27.0 Å². The van der Waals surface area contributed by atoms with Crippen LogP contribution in [0.2, 0.25) is 0 Å². The molecule has 1 N–H and O–H groups in total. The van der Waals surface area contributed by atoms with Crippen molar-refractivity contribution in [1.29, 1.82) is 0 Å². The van der Waals surface area contributed by atoms with Gasteiger partial charge in [-0.3, -0.25) is 4.79 Å². The minimum Gasteiger partial charge on any atom is -0.489 e. The van der Waals surface area contributed by atoms with Gasteiger partial charge in [0.15, 0.2) is 0 Å². The number of halogens is 1. The molecule has 0 aromatic heterocycles. The standard InChI is InChI=1S/C22H20FNO2/c1-16-13-17(11-12-21(16)23)14-24-22(25)20-10-6-5-7-18(20)15-26-19-8-3-2-4-9-19/h2-13H,14-15H2,1H3,(H,24,25). The molecule has 3 aromatic carbocycles. The van der Waals surface area contributed by atoms with Gasteiger partial charge in [-0.1, -0.05) is 48.5 Å². The van der Waals surface area contributed by atoms with Crippen molar-refractivity contribution < 1.29 is 13.9 Å². The molecule has 0 heterocycles. The summed E-state index contributed by atoms with van der Waals surface area (Å²) in [6.07, 6.45) is 0. The SMILES string of the molecule is Cc1cc(CNC(=O)c2ccccc2COc2ccccc2)ccc1F. The molecule has 1 amide bonds. The smallest absolute Gasteiger partial charge is 0.251 e. The Labute approximate surface area is 152 Å². The molecule has 3 rings (SSSR count). The molecule has 4 heteroatoms. The van der Waals surface area contributed by atoms with Crippen molar-refractivity contribution in [3.8, 4) is 5.75 Å². The summed E-state index contributed by atoms with van der Waals surface area (Å²) in [5, 5.41) is 2.88. The van der Waals surface area contributed by atoms with Crippen molar-refractivity contribution in [2.75, 3.05) is 0 Å². The fourth-order valence-electron chi connectivity index (χ4n) is 2.64. The molecule has 3 nitrogen and oxygen atoms in total. The number of hydrogen-bond acceptors (Lipinski definition) is 2. The molecule has 3 aromatic rings. The number of carbonyl (C=O) groups excluding carboxylic acids is 1. The summed E-state index contributed by atoms with van der Waals surface area (Å²) in [4.78, 5) is 12.6. The van der Waals surface area contributed by atoms with Gasteiger partial charge in [0.1, 0.15) is 18.2 Å². The van der Waals surface area contributed by atoms with Crippen molar-refractivity contribution in [3.63, 3.8) is 0 Å². The lowest BCUT2D eigenvalue weighted by Gasteiger charge is -2.12. The quantitative estimate of drug-likeness (QED) is 0.704. The normalized spacial score (nSPS) is 10.4. The zero-order valence-electron chi connectivity index (χ0n) is 14.5. The highest BCUT2D eigenvalue weighted by molar-refractivity contribution is 5.95. The molecule has 26 heavy (non-hydrogen) atoms. The fraction of sp³-hybridized carbons (Fsp3) is 0.136. The third kappa shape index (κ3) is 4.48. The lowest BCUT2D eigenvalue weighted by atomic mass is 10.1.